The molecule has 0 unspecified atom stereocenters. The van der Waals surface area contributed by atoms with Crippen LogP contribution in [0.3, 0.4) is 0 Å². The number of pyridine rings is 1. The Hall–Kier alpha value is -4.91. The molecule has 11 nitrogen and oxygen atoms in total. The standard InChI is InChI=1S/C28H25FN8O3S/c1-14-7-20(26(38)34-11-16-8-15-10-31-23(30)9-22(15)41-16)37-24(14)32-12-19(28(37)40)35-27(39)25-33-13-21(36(25)2)17-5-3-4-6-18(17)29/h3-6,8-10,12-14,20H,7,11H2,1-2H3,(H2,30,31)(H,34,38)(H,35,39)/t14-,20+/m1/s1. The van der Waals surface area contributed by atoms with Crippen LogP contribution in [0.1, 0.15) is 46.6 Å². The van der Waals surface area contributed by atoms with Crippen LogP contribution in [0.15, 0.2) is 59.8 Å². The minimum Gasteiger partial charge on any atom is -0.384 e. The van der Waals surface area contributed by atoms with Crippen molar-refractivity contribution in [3.63, 3.8) is 0 Å². The van der Waals surface area contributed by atoms with E-state index in [4.69, 9.17) is 5.73 Å². The van der Waals surface area contributed by atoms with Crippen molar-refractivity contribution in [1.82, 2.24) is 29.4 Å². The predicted molar refractivity (Wildman–Crippen MR) is 153 cm³/mol. The summed E-state index contributed by atoms with van der Waals surface area (Å²) in [5, 5.41) is 6.43. The summed E-state index contributed by atoms with van der Waals surface area (Å²) in [6.07, 6.45) is 4.77. The SMILES string of the molecule is C[C@@H]1C[C@@H](C(=O)NCc2cc3cnc(N)cc3s2)n2c1ncc(NC(=O)c1ncc(-c3ccccc3F)n1C)c2=O. The molecular formula is C28H25FN8O3S. The quantitative estimate of drug-likeness (QED) is 0.281. The van der Waals surface area contributed by atoms with E-state index < -0.39 is 23.3 Å². The van der Waals surface area contributed by atoms with E-state index in [1.165, 1.54) is 38.9 Å². The van der Waals surface area contributed by atoms with Crippen LogP contribution < -0.4 is 21.9 Å². The Labute approximate surface area is 236 Å². The number of nitrogens with two attached hydrogens (primary N) is 1. The van der Waals surface area contributed by atoms with Crippen LogP contribution >= 0.6 is 11.3 Å². The highest BCUT2D eigenvalue weighted by Crippen LogP contribution is 2.34. The van der Waals surface area contributed by atoms with Crippen LogP contribution in [0, 0.1) is 5.82 Å². The molecule has 4 aromatic heterocycles. The summed E-state index contributed by atoms with van der Waals surface area (Å²) < 4.78 is 18.1. The van der Waals surface area contributed by atoms with E-state index in [9.17, 15) is 18.8 Å². The molecule has 1 aliphatic rings. The lowest BCUT2D eigenvalue weighted by Crippen LogP contribution is -2.36. The lowest BCUT2D eigenvalue weighted by Gasteiger charge is -2.15. The Morgan fingerprint density at radius 2 is 1.95 bits per heavy atom. The Bertz CT molecular complexity index is 1900. The Morgan fingerprint density at radius 3 is 2.76 bits per heavy atom. The first-order valence-corrected chi connectivity index (χ1v) is 13.6. The van der Waals surface area contributed by atoms with Crippen LogP contribution in [-0.4, -0.2) is 35.9 Å². The fourth-order valence-corrected chi connectivity index (χ4v) is 6.13. The van der Waals surface area contributed by atoms with Crippen molar-refractivity contribution in [2.24, 2.45) is 7.05 Å². The third-order valence-electron chi connectivity index (χ3n) is 7.15. The van der Waals surface area contributed by atoms with E-state index in [2.05, 4.69) is 25.6 Å². The van der Waals surface area contributed by atoms with E-state index in [0.717, 1.165) is 15.0 Å². The molecule has 0 aliphatic carbocycles. The molecule has 0 spiro atoms. The zero-order valence-corrected chi connectivity index (χ0v) is 22.9. The van der Waals surface area contributed by atoms with Crippen LogP contribution in [0.2, 0.25) is 0 Å². The molecule has 6 rings (SSSR count). The summed E-state index contributed by atoms with van der Waals surface area (Å²) in [5.74, 6) is -0.699. The smallest absolute Gasteiger partial charge is 0.291 e. The molecule has 41 heavy (non-hydrogen) atoms. The van der Waals surface area contributed by atoms with Gasteiger partial charge in [0.05, 0.1) is 24.6 Å². The second-order valence-corrected chi connectivity index (χ2v) is 11.1. The lowest BCUT2D eigenvalue weighted by molar-refractivity contribution is -0.124. The summed E-state index contributed by atoms with van der Waals surface area (Å²) in [5.41, 5.74) is 5.83. The zero-order valence-electron chi connectivity index (χ0n) is 22.1. The minimum atomic E-state index is -0.788. The van der Waals surface area contributed by atoms with Crippen molar-refractivity contribution >= 4 is 44.7 Å². The number of aromatic nitrogens is 5. The van der Waals surface area contributed by atoms with Crippen molar-refractivity contribution in [2.75, 3.05) is 11.1 Å². The van der Waals surface area contributed by atoms with Gasteiger partial charge in [-0.15, -0.1) is 11.3 Å². The van der Waals surface area contributed by atoms with Gasteiger partial charge in [-0.25, -0.2) is 19.3 Å². The molecule has 5 aromatic rings. The normalized spacial score (nSPS) is 16.1. The second-order valence-electron chi connectivity index (χ2n) is 9.90. The molecule has 0 saturated heterocycles. The first kappa shape index (κ1) is 26.3. The van der Waals surface area contributed by atoms with Gasteiger partial charge in [0, 0.05) is 39.7 Å². The first-order valence-electron chi connectivity index (χ1n) is 12.8. The molecule has 13 heteroatoms. The summed E-state index contributed by atoms with van der Waals surface area (Å²) in [7, 11) is 1.58. The number of rotatable bonds is 6. The number of nitrogens with one attached hydrogen (secondary N) is 2. The van der Waals surface area contributed by atoms with E-state index in [0.29, 0.717) is 29.3 Å². The molecule has 0 fully saturated rings. The summed E-state index contributed by atoms with van der Waals surface area (Å²) in [4.78, 5) is 53.4. The highest BCUT2D eigenvalue weighted by atomic mass is 32.1. The number of hydrogen-bond acceptors (Lipinski definition) is 8. The molecule has 0 bridgehead atoms. The minimum absolute atomic E-state index is 0.0175. The fraction of sp³-hybridized carbons (Fsp3) is 0.214. The number of anilines is 2. The van der Waals surface area contributed by atoms with Crippen LogP contribution in [0.4, 0.5) is 15.9 Å². The highest BCUT2D eigenvalue weighted by Gasteiger charge is 2.36. The number of hydrogen-bond donors (Lipinski definition) is 3. The van der Waals surface area contributed by atoms with Gasteiger partial charge in [0.25, 0.3) is 11.5 Å². The predicted octanol–water partition coefficient (Wildman–Crippen LogP) is 3.59. The number of carbonyl (C=O) groups is 2. The van der Waals surface area contributed by atoms with Crippen molar-refractivity contribution in [3.05, 3.63) is 87.7 Å². The van der Waals surface area contributed by atoms with Gasteiger partial charge >= 0.3 is 0 Å². The van der Waals surface area contributed by atoms with Crippen LogP contribution in [0.25, 0.3) is 21.3 Å². The number of fused-ring (bicyclic) bond motifs is 2. The summed E-state index contributed by atoms with van der Waals surface area (Å²) >= 11 is 1.50. The maximum atomic E-state index is 14.3. The molecule has 2 amide bonds. The molecule has 208 valence electrons. The second kappa shape index (κ2) is 10.2. The molecule has 0 saturated carbocycles. The first-order chi connectivity index (χ1) is 19.7. The molecule has 2 atom stereocenters. The van der Waals surface area contributed by atoms with E-state index in [-0.39, 0.29) is 29.9 Å². The van der Waals surface area contributed by atoms with Gasteiger partial charge in [-0.05, 0) is 30.7 Å². The van der Waals surface area contributed by atoms with Gasteiger partial charge in [-0.1, -0.05) is 19.1 Å². The Morgan fingerprint density at radius 1 is 1.15 bits per heavy atom. The number of thiophene rings is 1. The maximum Gasteiger partial charge on any atom is 0.291 e. The number of imidazole rings is 1. The molecular weight excluding hydrogens is 547 g/mol. The van der Waals surface area contributed by atoms with E-state index in [1.54, 1.807) is 37.5 Å². The van der Waals surface area contributed by atoms with Gasteiger partial charge in [0.15, 0.2) is 5.82 Å². The lowest BCUT2D eigenvalue weighted by atomic mass is 10.1. The molecule has 5 heterocycles. The van der Waals surface area contributed by atoms with Crippen molar-refractivity contribution in [3.8, 4) is 11.3 Å². The number of nitrogens with zero attached hydrogens (tertiary/aromatic N) is 5. The average Bonchev–Trinajstić information content (AvgIpc) is 3.64. The number of benzene rings is 1. The van der Waals surface area contributed by atoms with Gasteiger partial charge in [-0.2, -0.15) is 0 Å². The Balaban J connectivity index is 1.21. The van der Waals surface area contributed by atoms with Gasteiger partial charge in [0.2, 0.25) is 5.91 Å². The third-order valence-corrected chi connectivity index (χ3v) is 8.25. The average molecular weight is 573 g/mol. The molecule has 1 aromatic carbocycles. The van der Waals surface area contributed by atoms with Crippen molar-refractivity contribution < 1.29 is 14.0 Å². The van der Waals surface area contributed by atoms with Gasteiger partial charge in [0.1, 0.15) is 29.2 Å². The third kappa shape index (κ3) is 4.73. The number of amides is 2. The van der Waals surface area contributed by atoms with E-state index in [1.807, 2.05) is 13.0 Å². The fourth-order valence-electron chi connectivity index (χ4n) is 5.10. The largest absolute Gasteiger partial charge is 0.384 e. The van der Waals surface area contributed by atoms with Crippen LogP contribution in [-0.2, 0) is 18.4 Å². The summed E-state index contributed by atoms with van der Waals surface area (Å²) in [6, 6.07) is 9.11. The molecule has 4 N–H and O–H groups in total. The summed E-state index contributed by atoms with van der Waals surface area (Å²) in [6.45, 7) is 2.17. The Kier molecular flexibility index (Phi) is 6.58. The maximum absolute atomic E-state index is 14.3. The molecule has 1 aliphatic heterocycles. The zero-order chi connectivity index (χ0) is 28.8. The monoisotopic (exact) mass is 572 g/mol. The van der Waals surface area contributed by atoms with Crippen LogP contribution in [0.5, 0.6) is 0 Å². The van der Waals surface area contributed by atoms with Crippen molar-refractivity contribution in [2.45, 2.75) is 31.8 Å². The van der Waals surface area contributed by atoms with Gasteiger partial charge < -0.3 is 20.9 Å². The molecule has 0 radical (unpaired) electrons. The highest BCUT2D eigenvalue weighted by molar-refractivity contribution is 7.19. The van der Waals surface area contributed by atoms with Crippen molar-refractivity contribution in [1.29, 1.82) is 0 Å². The van der Waals surface area contributed by atoms with E-state index >= 15 is 0 Å². The number of carbonyl (C=O) groups excluding carboxylic acids is 2. The van der Waals surface area contributed by atoms with Gasteiger partial charge in [-0.3, -0.25) is 19.0 Å². The number of halogens is 1. The number of nitrogen functional groups attached to an aromatic ring is 1. The topological polar surface area (TPSA) is 150 Å².